The predicted molar refractivity (Wildman–Crippen MR) is 49.7 cm³/mol. The Labute approximate surface area is 90.6 Å². The Morgan fingerprint density at radius 3 is 1.85 bits per heavy atom. The van der Waals surface area contributed by atoms with Gasteiger partial charge in [0.2, 0.25) is 0 Å². The molecule has 0 saturated carbocycles. The summed E-state index contributed by atoms with van der Waals surface area (Å²) < 4.78 is 0. The molecule has 0 radical (unpaired) electrons. The molecule has 0 bridgehead atoms. The molecule has 1 aromatic heterocycles. The van der Waals surface area contributed by atoms with Gasteiger partial charge in [-0.2, -0.15) is 0 Å². The van der Waals surface area contributed by atoms with E-state index in [2.05, 4.69) is 17.1 Å². The minimum atomic E-state index is 0. The molecule has 1 nitrogen and oxygen atoms in total. The number of hydrogen-bond acceptors (Lipinski definition) is 1. The Kier molecular flexibility index (Phi) is 3.79. The Bertz CT molecular complexity index is 307. The molecule has 0 amide bonds. The minimum Gasteiger partial charge on any atom is -0.265 e. The molecule has 2 rings (SSSR count). The van der Waals surface area contributed by atoms with Gasteiger partial charge in [-0.25, -0.2) is 0 Å². The fourth-order valence-electron chi connectivity index (χ4n) is 1.17. The Morgan fingerprint density at radius 1 is 0.692 bits per heavy atom. The van der Waals surface area contributed by atoms with Gasteiger partial charge in [-0.1, -0.05) is 30.3 Å². The molecular weight excluding hydrogens is 212 g/mol. The van der Waals surface area contributed by atoms with Crippen LogP contribution in [-0.2, 0) is 19.5 Å². The second-order valence-corrected chi connectivity index (χ2v) is 2.60. The first-order valence-corrected chi connectivity index (χ1v) is 3.92. The molecule has 0 aliphatic carbocycles. The SMILES string of the molecule is [Zn].c1ccc(-c2ccncc2)cc1. The topological polar surface area (TPSA) is 12.9 Å². The van der Waals surface area contributed by atoms with E-state index in [-0.39, 0.29) is 19.5 Å². The van der Waals surface area contributed by atoms with Crippen LogP contribution in [0.1, 0.15) is 0 Å². The molecule has 13 heavy (non-hydrogen) atoms. The molecule has 2 aromatic rings. The van der Waals surface area contributed by atoms with Crippen LogP contribution in [0.4, 0.5) is 0 Å². The van der Waals surface area contributed by atoms with E-state index >= 15 is 0 Å². The van der Waals surface area contributed by atoms with E-state index < -0.39 is 0 Å². The molecule has 0 atom stereocenters. The molecular formula is C11H9NZn. The van der Waals surface area contributed by atoms with E-state index in [0.29, 0.717) is 0 Å². The van der Waals surface area contributed by atoms with E-state index in [0.717, 1.165) is 0 Å². The van der Waals surface area contributed by atoms with Crippen LogP contribution in [0.2, 0.25) is 0 Å². The van der Waals surface area contributed by atoms with Crippen molar-refractivity contribution in [2.24, 2.45) is 0 Å². The summed E-state index contributed by atoms with van der Waals surface area (Å²) in [5, 5.41) is 0. The molecule has 0 fully saturated rings. The van der Waals surface area contributed by atoms with Crippen LogP contribution in [0.25, 0.3) is 11.1 Å². The van der Waals surface area contributed by atoms with E-state index in [1.54, 1.807) is 0 Å². The zero-order chi connectivity index (χ0) is 8.23. The molecule has 0 spiro atoms. The summed E-state index contributed by atoms with van der Waals surface area (Å²) in [6.07, 6.45) is 3.62. The summed E-state index contributed by atoms with van der Waals surface area (Å²) in [4.78, 5) is 3.97. The van der Waals surface area contributed by atoms with E-state index in [1.165, 1.54) is 11.1 Å². The fourth-order valence-corrected chi connectivity index (χ4v) is 1.17. The number of hydrogen-bond donors (Lipinski definition) is 0. The smallest absolute Gasteiger partial charge is 0.0273 e. The van der Waals surface area contributed by atoms with Crippen molar-refractivity contribution in [3.05, 3.63) is 54.9 Å². The third-order valence-electron chi connectivity index (χ3n) is 1.79. The van der Waals surface area contributed by atoms with Crippen LogP contribution in [0.15, 0.2) is 54.9 Å². The van der Waals surface area contributed by atoms with Crippen LogP contribution < -0.4 is 0 Å². The van der Waals surface area contributed by atoms with Crippen molar-refractivity contribution in [2.75, 3.05) is 0 Å². The van der Waals surface area contributed by atoms with Crippen molar-refractivity contribution in [3.63, 3.8) is 0 Å². The summed E-state index contributed by atoms with van der Waals surface area (Å²) in [6.45, 7) is 0. The molecule has 1 aromatic carbocycles. The van der Waals surface area contributed by atoms with E-state index in [4.69, 9.17) is 0 Å². The fraction of sp³-hybridized carbons (Fsp3) is 0. The standard InChI is InChI=1S/C11H9N.Zn/c1-2-4-10(5-3-1)11-6-8-12-9-7-11;/h1-9H;. The first kappa shape index (κ1) is 10.1. The van der Waals surface area contributed by atoms with Gasteiger partial charge in [0.15, 0.2) is 0 Å². The molecule has 1 heterocycles. The van der Waals surface area contributed by atoms with Crippen molar-refractivity contribution < 1.29 is 19.5 Å². The van der Waals surface area contributed by atoms with Gasteiger partial charge in [0.05, 0.1) is 0 Å². The second-order valence-electron chi connectivity index (χ2n) is 2.60. The molecule has 0 N–H and O–H groups in total. The average Bonchev–Trinajstić information content (AvgIpc) is 2.21. The maximum atomic E-state index is 3.97. The number of rotatable bonds is 1. The Hall–Kier alpha value is -1.01. The van der Waals surface area contributed by atoms with Crippen LogP contribution in [0.3, 0.4) is 0 Å². The van der Waals surface area contributed by atoms with Gasteiger partial charge in [0, 0.05) is 31.9 Å². The molecule has 0 unspecified atom stereocenters. The van der Waals surface area contributed by atoms with Gasteiger partial charge in [0.25, 0.3) is 0 Å². The monoisotopic (exact) mass is 219 g/mol. The summed E-state index contributed by atoms with van der Waals surface area (Å²) >= 11 is 0. The average molecular weight is 221 g/mol. The van der Waals surface area contributed by atoms with Crippen molar-refractivity contribution >= 4 is 0 Å². The van der Waals surface area contributed by atoms with Gasteiger partial charge in [0.1, 0.15) is 0 Å². The second kappa shape index (κ2) is 4.88. The number of pyridine rings is 1. The van der Waals surface area contributed by atoms with Crippen molar-refractivity contribution in [1.29, 1.82) is 0 Å². The van der Waals surface area contributed by atoms with Crippen LogP contribution >= 0.6 is 0 Å². The molecule has 0 aliphatic heterocycles. The van der Waals surface area contributed by atoms with Crippen molar-refractivity contribution in [3.8, 4) is 11.1 Å². The van der Waals surface area contributed by atoms with E-state index in [1.807, 2.05) is 42.7 Å². The number of benzene rings is 1. The largest absolute Gasteiger partial charge is 0.265 e. The van der Waals surface area contributed by atoms with Crippen LogP contribution in [0.5, 0.6) is 0 Å². The summed E-state index contributed by atoms with van der Waals surface area (Å²) in [6, 6.07) is 14.3. The normalized spacial score (nSPS) is 8.92. The minimum absolute atomic E-state index is 0. The van der Waals surface area contributed by atoms with Crippen molar-refractivity contribution in [2.45, 2.75) is 0 Å². The summed E-state index contributed by atoms with van der Waals surface area (Å²) in [5.41, 5.74) is 2.45. The van der Waals surface area contributed by atoms with Gasteiger partial charge in [-0.15, -0.1) is 0 Å². The van der Waals surface area contributed by atoms with Crippen LogP contribution in [0, 0.1) is 0 Å². The zero-order valence-electron chi connectivity index (χ0n) is 7.35. The quantitative estimate of drug-likeness (QED) is 0.674. The summed E-state index contributed by atoms with van der Waals surface area (Å²) in [7, 11) is 0. The van der Waals surface area contributed by atoms with Gasteiger partial charge < -0.3 is 0 Å². The van der Waals surface area contributed by atoms with E-state index in [9.17, 15) is 0 Å². The predicted octanol–water partition coefficient (Wildman–Crippen LogP) is 2.75. The first-order chi connectivity index (χ1) is 5.97. The molecule has 0 saturated heterocycles. The number of nitrogens with zero attached hydrogens (tertiary/aromatic N) is 1. The van der Waals surface area contributed by atoms with Crippen LogP contribution in [-0.4, -0.2) is 4.98 Å². The third-order valence-corrected chi connectivity index (χ3v) is 1.79. The Balaban J connectivity index is 0.000000845. The first-order valence-electron chi connectivity index (χ1n) is 3.92. The van der Waals surface area contributed by atoms with Gasteiger partial charge in [-0.05, 0) is 23.3 Å². The maximum Gasteiger partial charge on any atom is 0.0273 e. The maximum absolute atomic E-state index is 3.97. The molecule has 60 valence electrons. The molecule has 2 heteroatoms. The molecule has 0 aliphatic rings. The summed E-state index contributed by atoms with van der Waals surface area (Å²) in [5.74, 6) is 0. The zero-order valence-corrected chi connectivity index (χ0v) is 10.3. The van der Waals surface area contributed by atoms with Crippen molar-refractivity contribution in [1.82, 2.24) is 4.98 Å². The van der Waals surface area contributed by atoms with Gasteiger partial charge in [-0.3, -0.25) is 4.98 Å². The Morgan fingerprint density at radius 2 is 1.23 bits per heavy atom. The third kappa shape index (κ3) is 2.46. The number of aromatic nitrogens is 1. The van der Waals surface area contributed by atoms with Gasteiger partial charge >= 0.3 is 0 Å².